The second kappa shape index (κ2) is 8.00. The molecule has 5 nitrogen and oxygen atoms in total. The summed E-state index contributed by atoms with van der Waals surface area (Å²) in [5.41, 5.74) is 2.53. The van der Waals surface area contributed by atoms with Gasteiger partial charge in [0.25, 0.3) is 5.91 Å². The molecular weight excluding hydrogens is 355 g/mol. The molecule has 0 atom stereocenters. The predicted octanol–water partition coefficient (Wildman–Crippen LogP) is 4.04. The van der Waals surface area contributed by atoms with Crippen molar-refractivity contribution in [3.63, 3.8) is 0 Å². The molecule has 2 N–H and O–H groups in total. The summed E-state index contributed by atoms with van der Waals surface area (Å²) in [4.78, 5) is 17.1. The smallest absolute Gasteiger partial charge is 0.255 e. The Balaban J connectivity index is 1.41. The first-order chi connectivity index (χ1) is 13.6. The summed E-state index contributed by atoms with van der Waals surface area (Å²) in [5.74, 6) is 0.292. The van der Waals surface area contributed by atoms with E-state index in [0.29, 0.717) is 30.4 Å². The van der Waals surface area contributed by atoms with E-state index in [4.69, 9.17) is 0 Å². The lowest BCUT2D eigenvalue weighted by Crippen LogP contribution is -2.28. The molecule has 28 heavy (non-hydrogen) atoms. The van der Waals surface area contributed by atoms with Gasteiger partial charge in [-0.15, -0.1) is 0 Å². The molecule has 0 spiro atoms. The average Bonchev–Trinajstić information content (AvgIpc) is 3.30. The molecule has 0 unspecified atom stereocenters. The molecule has 1 fully saturated rings. The molecule has 1 amide bonds. The SMILES string of the molecule is Cn1cc(CCNC(=O)c2cccnc2NC2CCCC2)c2ccc(F)cc21. The van der Waals surface area contributed by atoms with E-state index in [-0.39, 0.29) is 11.7 Å². The van der Waals surface area contributed by atoms with Crippen LogP contribution in [0.15, 0.2) is 42.7 Å². The fraction of sp³-hybridized carbons (Fsp3) is 0.364. The van der Waals surface area contributed by atoms with Crippen molar-refractivity contribution in [1.29, 1.82) is 0 Å². The normalized spacial score (nSPS) is 14.5. The molecule has 1 aromatic carbocycles. The van der Waals surface area contributed by atoms with Gasteiger partial charge in [-0.2, -0.15) is 0 Å². The highest BCUT2D eigenvalue weighted by molar-refractivity contribution is 5.98. The Morgan fingerprint density at radius 1 is 1.29 bits per heavy atom. The van der Waals surface area contributed by atoms with Gasteiger partial charge in [0, 0.05) is 37.4 Å². The Hall–Kier alpha value is -2.89. The summed E-state index contributed by atoms with van der Waals surface area (Å²) >= 11 is 0. The third-order valence-corrected chi connectivity index (χ3v) is 5.46. The van der Waals surface area contributed by atoms with Crippen LogP contribution in [-0.4, -0.2) is 28.0 Å². The number of anilines is 1. The van der Waals surface area contributed by atoms with Gasteiger partial charge >= 0.3 is 0 Å². The van der Waals surface area contributed by atoms with Gasteiger partial charge in [-0.25, -0.2) is 9.37 Å². The van der Waals surface area contributed by atoms with Gasteiger partial charge in [0.05, 0.1) is 11.1 Å². The Morgan fingerprint density at radius 2 is 2.11 bits per heavy atom. The monoisotopic (exact) mass is 380 g/mol. The van der Waals surface area contributed by atoms with E-state index in [0.717, 1.165) is 29.3 Å². The maximum atomic E-state index is 13.5. The molecule has 0 radical (unpaired) electrons. The summed E-state index contributed by atoms with van der Waals surface area (Å²) < 4.78 is 15.4. The summed E-state index contributed by atoms with van der Waals surface area (Å²) in [5, 5.41) is 7.43. The Labute approximate surface area is 164 Å². The van der Waals surface area contributed by atoms with E-state index in [1.165, 1.54) is 25.0 Å². The van der Waals surface area contributed by atoms with Crippen LogP contribution in [0, 0.1) is 5.82 Å². The molecule has 0 bridgehead atoms. The van der Waals surface area contributed by atoms with E-state index >= 15 is 0 Å². The number of halogens is 1. The number of pyridine rings is 1. The van der Waals surface area contributed by atoms with Crippen molar-refractivity contribution < 1.29 is 9.18 Å². The number of amides is 1. The maximum Gasteiger partial charge on any atom is 0.255 e. The summed E-state index contributed by atoms with van der Waals surface area (Å²) in [6.45, 7) is 0.507. The molecular formula is C22H25FN4O. The number of fused-ring (bicyclic) bond motifs is 1. The van der Waals surface area contributed by atoms with Crippen LogP contribution in [0.4, 0.5) is 10.2 Å². The summed E-state index contributed by atoms with van der Waals surface area (Å²) in [6.07, 6.45) is 9.08. The number of aromatic nitrogens is 2. The zero-order valence-corrected chi connectivity index (χ0v) is 16.0. The molecule has 0 saturated heterocycles. The molecule has 146 valence electrons. The number of benzene rings is 1. The molecule has 4 rings (SSSR count). The van der Waals surface area contributed by atoms with E-state index in [9.17, 15) is 9.18 Å². The van der Waals surface area contributed by atoms with Gasteiger partial charge in [-0.05, 0) is 55.2 Å². The minimum absolute atomic E-state index is 0.125. The number of aryl methyl sites for hydroxylation is 1. The van der Waals surface area contributed by atoms with Gasteiger partial charge < -0.3 is 15.2 Å². The van der Waals surface area contributed by atoms with Crippen LogP contribution >= 0.6 is 0 Å². The fourth-order valence-electron chi connectivity index (χ4n) is 4.01. The number of carbonyl (C=O) groups excluding carboxylic acids is 1. The van der Waals surface area contributed by atoms with Crippen molar-refractivity contribution in [2.45, 2.75) is 38.1 Å². The standard InChI is InChI=1S/C22H25FN4O/c1-27-14-15(18-9-8-16(23)13-20(18)27)10-12-25-22(28)19-7-4-11-24-21(19)26-17-5-2-3-6-17/h4,7-9,11,13-14,17H,2-3,5-6,10,12H2,1H3,(H,24,26)(H,25,28). The average molecular weight is 380 g/mol. The first-order valence-electron chi connectivity index (χ1n) is 9.85. The lowest BCUT2D eigenvalue weighted by atomic mass is 10.1. The van der Waals surface area contributed by atoms with Crippen molar-refractivity contribution >= 4 is 22.6 Å². The number of hydrogen-bond donors (Lipinski definition) is 2. The molecule has 1 saturated carbocycles. The predicted molar refractivity (Wildman–Crippen MR) is 109 cm³/mol. The number of carbonyl (C=O) groups is 1. The highest BCUT2D eigenvalue weighted by Crippen LogP contribution is 2.24. The van der Waals surface area contributed by atoms with Crippen LogP contribution in [-0.2, 0) is 13.5 Å². The Kier molecular flexibility index (Phi) is 5.28. The van der Waals surface area contributed by atoms with Crippen molar-refractivity contribution in [1.82, 2.24) is 14.9 Å². The highest BCUT2D eigenvalue weighted by Gasteiger charge is 2.19. The highest BCUT2D eigenvalue weighted by atomic mass is 19.1. The Morgan fingerprint density at radius 3 is 2.93 bits per heavy atom. The number of nitrogens with zero attached hydrogens (tertiary/aromatic N) is 2. The van der Waals surface area contributed by atoms with Crippen LogP contribution in [0.1, 0.15) is 41.6 Å². The van der Waals surface area contributed by atoms with Gasteiger partial charge in [0.15, 0.2) is 0 Å². The third kappa shape index (κ3) is 3.86. The molecule has 3 aromatic rings. The first-order valence-corrected chi connectivity index (χ1v) is 9.85. The molecule has 2 heterocycles. The van der Waals surface area contributed by atoms with Crippen molar-refractivity contribution in [3.05, 3.63) is 59.7 Å². The van der Waals surface area contributed by atoms with Crippen LogP contribution in [0.2, 0.25) is 0 Å². The zero-order chi connectivity index (χ0) is 19.5. The summed E-state index contributed by atoms with van der Waals surface area (Å²) in [6, 6.07) is 8.80. The second-order valence-corrected chi connectivity index (χ2v) is 7.46. The van der Waals surface area contributed by atoms with E-state index in [2.05, 4.69) is 15.6 Å². The lowest BCUT2D eigenvalue weighted by Gasteiger charge is -2.15. The number of rotatable bonds is 6. The minimum Gasteiger partial charge on any atom is -0.367 e. The minimum atomic E-state index is -0.243. The van der Waals surface area contributed by atoms with Crippen LogP contribution in [0.3, 0.4) is 0 Å². The van der Waals surface area contributed by atoms with E-state index in [1.807, 2.05) is 17.8 Å². The molecule has 0 aliphatic heterocycles. The van der Waals surface area contributed by atoms with Crippen LogP contribution < -0.4 is 10.6 Å². The third-order valence-electron chi connectivity index (χ3n) is 5.46. The molecule has 1 aliphatic carbocycles. The molecule has 1 aliphatic rings. The first kappa shape index (κ1) is 18.5. The lowest BCUT2D eigenvalue weighted by molar-refractivity contribution is 0.0954. The van der Waals surface area contributed by atoms with E-state index in [1.54, 1.807) is 24.4 Å². The van der Waals surface area contributed by atoms with Gasteiger partial charge in [-0.1, -0.05) is 12.8 Å². The zero-order valence-electron chi connectivity index (χ0n) is 16.0. The second-order valence-electron chi connectivity index (χ2n) is 7.46. The van der Waals surface area contributed by atoms with Gasteiger partial charge in [-0.3, -0.25) is 4.79 Å². The maximum absolute atomic E-state index is 13.5. The quantitative estimate of drug-likeness (QED) is 0.679. The van der Waals surface area contributed by atoms with Crippen molar-refractivity contribution in [2.75, 3.05) is 11.9 Å². The largest absolute Gasteiger partial charge is 0.367 e. The molecule has 6 heteroatoms. The van der Waals surface area contributed by atoms with Crippen LogP contribution in [0.5, 0.6) is 0 Å². The van der Waals surface area contributed by atoms with Crippen LogP contribution in [0.25, 0.3) is 10.9 Å². The van der Waals surface area contributed by atoms with Crippen molar-refractivity contribution in [3.8, 4) is 0 Å². The fourth-order valence-corrected chi connectivity index (χ4v) is 4.01. The van der Waals surface area contributed by atoms with Crippen molar-refractivity contribution in [2.24, 2.45) is 7.05 Å². The van der Waals surface area contributed by atoms with E-state index < -0.39 is 0 Å². The van der Waals surface area contributed by atoms with Gasteiger partial charge in [0.2, 0.25) is 0 Å². The Bertz CT molecular complexity index is 991. The van der Waals surface area contributed by atoms with Gasteiger partial charge in [0.1, 0.15) is 11.6 Å². The number of hydrogen-bond acceptors (Lipinski definition) is 3. The molecule has 2 aromatic heterocycles. The topological polar surface area (TPSA) is 59.0 Å². The summed E-state index contributed by atoms with van der Waals surface area (Å²) in [7, 11) is 1.90. The number of nitrogens with one attached hydrogen (secondary N) is 2.